The van der Waals surface area contributed by atoms with Gasteiger partial charge in [-0.3, -0.25) is 24.6 Å². The summed E-state index contributed by atoms with van der Waals surface area (Å²) in [6.45, 7) is 0. The zero-order chi connectivity index (χ0) is 19.1. The van der Waals surface area contributed by atoms with Gasteiger partial charge in [-0.25, -0.2) is 13.8 Å². The number of fused-ring (bicyclic) bond motifs is 1. The monoisotopic (exact) mass is 387 g/mol. The van der Waals surface area contributed by atoms with Crippen molar-refractivity contribution in [1.29, 1.82) is 0 Å². The summed E-state index contributed by atoms with van der Waals surface area (Å²) >= 11 is 0.952. The first kappa shape index (κ1) is 17.2. The molecule has 9 heteroatoms. The quantitative estimate of drug-likeness (QED) is 0.698. The van der Waals surface area contributed by atoms with Crippen molar-refractivity contribution in [3.63, 3.8) is 0 Å². The van der Waals surface area contributed by atoms with Crippen LogP contribution in [0.2, 0.25) is 0 Å². The van der Waals surface area contributed by atoms with Gasteiger partial charge in [-0.05, 0) is 30.3 Å². The number of nitrogens with one attached hydrogen (secondary N) is 1. The van der Waals surface area contributed by atoms with Crippen LogP contribution in [0.3, 0.4) is 0 Å². The van der Waals surface area contributed by atoms with Gasteiger partial charge < -0.3 is 0 Å². The maximum atomic E-state index is 13.7. The van der Waals surface area contributed by atoms with Crippen LogP contribution < -0.4 is 10.2 Å². The summed E-state index contributed by atoms with van der Waals surface area (Å²) in [5.41, 5.74) is 0.651. The van der Waals surface area contributed by atoms with Gasteiger partial charge >= 0.3 is 0 Å². The van der Waals surface area contributed by atoms with Gasteiger partial charge in [0.25, 0.3) is 5.91 Å². The molecule has 1 fully saturated rings. The SMILES string of the molecule is O=C(Nc1nc2c(F)cc(F)cc2s1)c1ccc(N2C(=O)CCC2=O)cc1. The first-order valence-electron chi connectivity index (χ1n) is 7.95. The van der Waals surface area contributed by atoms with Crippen LogP contribution in [0.15, 0.2) is 36.4 Å². The van der Waals surface area contributed by atoms with Crippen molar-refractivity contribution in [1.82, 2.24) is 4.98 Å². The van der Waals surface area contributed by atoms with E-state index in [1.807, 2.05) is 0 Å². The third-order valence-electron chi connectivity index (χ3n) is 4.07. The molecular weight excluding hydrogens is 376 g/mol. The van der Waals surface area contributed by atoms with E-state index in [1.54, 1.807) is 0 Å². The van der Waals surface area contributed by atoms with Crippen molar-refractivity contribution in [2.45, 2.75) is 12.8 Å². The van der Waals surface area contributed by atoms with Gasteiger partial charge in [0.05, 0.1) is 10.4 Å². The van der Waals surface area contributed by atoms with Crippen LogP contribution >= 0.6 is 11.3 Å². The summed E-state index contributed by atoms with van der Waals surface area (Å²) in [7, 11) is 0. The number of nitrogens with zero attached hydrogens (tertiary/aromatic N) is 2. The minimum Gasteiger partial charge on any atom is -0.298 e. The first-order chi connectivity index (χ1) is 12.9. The number of halogens is 2. The lowest BCUT2D eigenvalue weighted by molar-refractivity contribution is -0.121. The van der Waals surface area contributed by atoms with Crippen LogP contribution in [-0.2, 0) is 9.59 Å². The molecule has 1 N–H and O–H groups in total. The van der Waals surface area contributed by atoms with Gasteiger partial charge in [-0.1, -0.05) is 11.3 Å². The highest BCUT2D eigenvalue weighted by molar-refractivity contribution is 7.22. The van der Waals surface area contributed by atoms with Gasteiger partial charge in [0.2, 0.25) is 11.8 Å². The standard InChI is InChI=1S/C18H11F2N3O3S/c19-10-7-12(20)16-13(8-10)27-18(21-16)22-17(26)9-1-3-11(4-2-9)23-14(24)5-6-15(23)25/h1-4,7-8H,5-6H2,(H,21,22,26). The van der Waals surface area contributed by atoms with Crippen LogP contribution in [0.1, 0.15) is 23.2 Å². The number of aromatic nitrogens is 1. The summed E-state index contributed by atoms with van der Waals surface area (Å²) in [4.78, 5) is 40.9. The molecule has 27 heavy (non-hydrogen) atoms. The van der Waals surface area contributed by atoms with E-state index in [1.165, 1.54) is 24.3 Å². The van der Waals surface area contributed by atoms with E-state index in [2.05, 4.69) is 10.3 Å². The minimum atomic E-state index is -0.800. The molecule has 0 unspecified atom stereocenters. The number of hydrogen-bond donors (Lipinski definition) is 1. The molecule has 0 saturated carbocycles. The van der Waals surface area contributed by atoms with Gasteiger partial charge in [0.1, 0.15) is 11.3 Å². The highest BCUT2D eigenvalue weighted by Crippen LogP contribution is 2.29. The number of anilines is 2. The van der Waals surface area contributed by atoms with E-state index >= 15 is 0 Å². The molecule has 4 rings (SSSR count). The molecular formula is C18H11F2N3O3S. The molecule has 3 aromatic rings. The van der Waals surface area contributed by atoms with Crippen LogP contribution in [-0.4, -0.2) is 22.7 Å². The summed E-state index contributed by atoms with van der Waals surface area (Å²) in [6, 6.07) is 7.82. The highest BCUT2D eigenvalue weighted by Gasteiger charge is 2.30. The lowest BCUT2D eigenvalue weighted by Gasteiger charge is -2.13. The third-order valence-corrected chi connectivity index (χ3v) is 4.99. The third kappa shape index (κ3) is 3.17. The maximum Gasteiger partial charge on any atom is 0.257 e. The Kier molecular flexibility index (Phi) is 4.15. The van der Waals surface area contributed by atoms with E-state index in [0.717, 1.165) is 28.4 Å². The average Bonchev–Trinajstić information content (AvgIpc) is 3.18. The second-order valence-electron chi connectivity index (χ2n) is 5.88. The largest absolute Gasteiger partial charge is 0.298 e. The fourth-order valence-electron chi connectivity index (χ4n) is 2.81. The van der Waals surface area contributed by atoms with Gasteiger partial charge in [0.15, 0.2) is 10.9 Å². The van der Waals surface area contributed by atoms with Crippen molar-refractivity contribution in [2.75, 3.05) is 10.2 Å². The molecule has 1 saturated heterocycles. The normalized spacial score (nSPS) is 14.2. The second kappa shape index (κ2) is 6.51. The number of thiazole rings is 1. The maximum absolute atomic E-state index is 13.7. The number of hydrogen-bond acceptors (Lipinski definition) is 5. The Morgan fingerprint density at radius 3 is 2.41 bits per heavy atom. The Labute approximate surface area is 155 Å². The Hall–Kier alpha value is -3.20. The van der Waals surface area contributed by atoms with Crippen molar-refractivity contribution in [3.8, 4) is 0 Å². The number of carbonyl (C=O) groups is 3. The fraction of sp³-hybridized carbons (Fsp3) is 0.111. The summed E-state index contributed by atoms with van der Waals surface area (Å²) in [5, 5.41) is 2.67. The van der Waals surface area contributed by atoms with E-state index in [-0.39, 0.29) is 45.6 Å². The van der Waals surface area contributed by atoms with Crippen molar-refractivity contribution >= 4 is 50.1 Å². The molecule has 0 radical (unpaired) electrons. The molecule has 1 aromatic heterocycles. The number of amides is 3. The summed E-state index contributed by atoms with van der Waals surface area (Å²) in [5.74, 6) is -2.57. The fourth-order valence-corrected chi connectivity index (χ4v) is 3.71. The molecule has 0 bridgehead atoms. The van der Waals surface area contributed by atoms with E-state index in [0.29, 0.717) is 5.69 Å². The predicted molar refractivity (Wildman–Crippen MR) is 95.7 cm³/mol. The number of carbonyl (C=O) groups excluding carboxylic acids is 3. The van der Waals surface area contributed by atoms with Gasteiger partial charge in [-0.2, -0.15) is 0 Å². The summed E-state index contributed by atoms with van der Waals surface area (Å²) < 4.78 is 27.2. The zero-order valence-electron chi connectivity index (χ0n) is 13.7. The minimum absolute atomic E-state index is 0.0156. The van der Waals surface area contributed by atoms with E-state index < -0.39 is 17.5 Å². The molecule has 0 spiro atoms. The lowest BCUT2D eigenvalue weighted by atomic mass is 10.2. The highest BCUT2D eigenvalue weighted by atomic mass is 32.1. The van der Waals surface area contributed by atoms with Crippen LogP contribution in [0.25, 0.3) is 10.2 Å². The first-order valence-corrected chi connectivity index (χ1v) is 8.77. The second-order valence-corrected chi connectivity index (χ2v) is 6.91. The number of rotatable bonds is 3. The van der Waals surface area contributed by atoms with Crippen molar-refractivity contribution in [2.24, 2.45) is 0 Å². The van der Waals surface area contributed by atoms with Gasteiger partial charge in [-0.15, -0.1) is 0 Å². The predicted octanol–water partition coefficient (Wildman–Crippen LogP) is 3.48. The van der Waals surface area contributed by atoms with E-state index in [9.17, 15) is 23.2 Å². The van der Waals surface area contributed by atoms with Crippen LogP contribution in [0.5, 0.6) is 0 Å². The molecule has 2 aromatic carbocycles. The topological polar surface area (TPSA) is 79.4 Å². The zero-order valence-corrected chi connectivity index (χ0v) is 14.5. The Bertz CT molecular complexity index is 1080. The van der Waals surface area contributed by atoms with E-state index in [4.69, 9.17) is 0 Å². The molecule has 2 heterocycles. The Balaban J connectivity index is 1.54. The molecule has 1 aliphatic rings. The summed E-state index contributed by atoms with van der Waals surface area (Å²) in [6.07, 6.45) is 0.353. The van der Waals surface area contributed by atoms with Gasteiger partial charge in [0, 0.05) is 24.5 Å². The molecule has 1 aliphatic heterocycles. The average molecular weight is 387 g/mol. The lowest BCUT2D eigenvalue weighted by Crippen LogP contribution is -2.28. The molecule has 6 nitrogen and oxygen atoms in total. The molecule has 0 aliphatic carbocycles. The smallest absolute Gasteiger partial charge is 0.257 e. The van der Waals surface area contributed by atoms with Crippen LogP contribution in [0, 0.1) is 11.6 Å². The number of benzene rings is 2. The Morgan fingerprint density at radius 1 is 1.07 bits per heavy atom. The molecule has 3 amide bonds. The van der Waals surface area contributed by atoms with Crippen LogP contribution in [0.4, 0.5) is 19.6 Å². The van der Waals surface area contributed by atoms with Crippen molar-refractivity contribution < 1.29 is 23.2 Å². The molecule has 0 atom stereocenters. The van der Waals surface area contributed by atoms with Crippen molar-refractivity contribution in [3.05, 3.63) is 53.6 Å². The molecule has 136 valence electrons. The number of imide groups is 1. The Morgan fingerprint density at radius 2 is 1.74 bits per heavy atom.